The molecule has 104 valence electrons. The van der Waals surface area contributed by atoms with Crippen molar-refractivity contribution in [2.45, 2.75) is 40.2 Å². The van der Waals surface area contributed by atoms with Crippen LogP contribution in [0.2, 0.25) is 5.15 Å². The molecule has 1 rings (SSSR count). The van der Waals surface area contributed by atoms with Gasteiger partial charge in [-0.3, -0.25) is 4.68 Å². The van der Waals surface area contributed by atoms with Gasteiger partial charge in [-0.15, -0.1) is 11.6 Å². The van der Waals surface area contributed by atoms with Crippen molar-refractivity contribution in [3.63, 3.8) is 0 Å². The largest absolute Gasteiger partial charge is 0.312 e. The lowest BCUT2D eigenvalue weighted by atomic mass is 9.84. The summed E-state index contributed by atoms with van der Waals surface area (Å²) in [4.78, 5) is 0. The molecule has 0 aromatic carbocycles. The fraction of sp³-hybridized carbons (Fsp3) is 0.769. The van der Waals surface area contributed by atoms with Gasteiger partial charge in [-0.2, -0.15) is 5.10 Å². The number of rotatable bonds is 7. The van der Waals surface area contributed by atoms with Crippen LogP contribution in [0.3, 0.4) is 0 Å². The molecule has 0 aliphatic rings. The van der Waals surface area contributed by atoms with E-state index < -0.39 is 0 Å². The third-order valence-electron chi connectivity index (χ3n) is 3.86. The van der Waals surface area contributed by atoms with Crippen molar-refractivity contribution >= 4 is 23.2 Å². The van der Waals surface area contributed by atoms with Gasteiger partial charge >= 0.3 is 0 Å². The molecule has 5 heteroatoms. The molecule has 1 N–H and O–H groups in total. The molecule has 0 radical (unpaired) electrons. The molecule has 0 saturated carbocycles. The Morgan fingerprint density at radius 1 is 1.33 bits per heavy atom. The predicted molar refractivity (Wildman–Crippen MR) is 78.4 cm³/mol. The zero-order valence-corrected chi connectivity index (χ0v) is 13.2. The van der Waals surface area contributed by atoms with Crippen LogP contribution in [0.25, 0.3) is 0 Å². The van der Waals surface area contributed by atoms with Crippen molar-refractivity contribution in [2.75, 3.05) is 12.4 Å². The lowest BCUT2D eigenvalue weighted by Crippen LogP contribution is -2.34. The summed E-state index contributed by atoms with van der Waals surface area (Å²) in [6.07, 6.45) is 2.17. The van der Waals surface area contributed by atoms with E-state index >= 15 is 0 Å². The van der Waals surface area contributed by atoms with Crippen LogP contribution >= 0.6 is 23.2 Å². The van der Waals surface area contributed by atoms with Crippen LogP contribution < -0.4 is 5.32 Å². The fourth-order valence-electron chi connectivity index (χ4n) is 2.06. The van der Waals surface area contributed by atoms with Crippen molar-refractivity contribution in [2.24, 2.45) is 12.5 Å². The maximum Gasteiger partial charge on any atom is 0.131 e. The number of alkyl halides is 1. The van der Waals surface area contributed by atoms with E-state index in [1.165, 1.54) is 0 Å². The Hall–Kier alpha value is -0.250. The summed E-state index contributed by atoms with van der Waals surface area (Å²) in [6.45, 7) is 8.02. The topological polar surface area (TPSA) is 29.9 Å². The second kappa shape index (κ2) is 6.78. The first-order valence-corrected chi connectivity index (χ1v) is 7.35. The van der Waals surface area contributed by atoms with E-state index in [1.807, 2.05) is 14.0 Å². The normalized spacial score (nSPS) is 12.1. The molecule has 1 aromatic rings. The first-order valence-electron chi connectivity index (χ1n) is 6.44. The first kappa shape index (κ1) is 15.8. The molecule has 0 bridgehead atoms. The molecule has 3 nitrogen and oxygen atoms in total. The van der Waals surface area contributed by atoms with Crippen LogP contribution in [-0.4, -0.2) is 22.2 Å². The number of nitrogens with one attached hydrogen (secondary N) is 1. The number of halogens is 2. The standard InChI is InChI=1S/C13H23Cl2N3/c1-5-13(6-2,8-14)9-16-7-11-10(3)17-18(4)12(11)15/h16H,5-9H2,1-4H3. The second-order valence-electron chi connectivity index (χ2n) is 4.92. The van der Waals surface area contributed by atoms with E-state index in [-0.39, 0.29) is 5.41 Å². The minimum Gasteiger partial charge on any atom is -0.312 e. The summed E-state index contributed by atoms with van der Waals surface area (Å²) < 4.78 is 1.71. The lowest BCUT2D eigenvalue weighted by Gasteiger charge is -2.29. The Bertz CT molecular complexity index is 376. The average Bonchev–Trinajstić information content (AvgIpc) is 2.61. The third-order valence-corrected chi connectivity index (χ3v) is 4.89. The summed E-state index contributed by atoms with van der Waals surface area (Å²) >= 11 is 12.3. The molecule has 0 saturated heterocycles. The van der Waals surface area contributed by atoms with Gasteiger partial charge in [0.25, 0.3) is 0 Å². The minimum atomic E-state index is 0.185. The maximum absolute atomic E-state index is 6.20. The molecule has 0 fully saturated rings. The van der Waals surface area contributed by atoms with Crippen LogP contribution in [-0.2, 0) is 13.6 Å². The van der Waals surface area contributed by atoms with E-state index in [0.29, 0.717) is 11.0 Å². The Balaban J connectivity index is 2.61. The Morgan fingerprint density at radius 3 is 2.33 bits per heavy atom. The highest BCUT2D eigenvalue weighted by Gasteiger charge is 2.24. The summed E-state index contributed by atoms with van der Waals surface area (Å²) in [6, 6.07) is 0. The molecule has 0 aliphatic heterocycles. The van der Waals surface area contributed by atoms with Gasteiger partial charge in [0.1, 0.15) is 5.15 Å². The second-order valence-corrected chi connectivity index (χ2v) is 5.55. The van der Waals surface area contributed by atoms with Crippen molar-refractivity contribution < 1.29 is 0 Å². The van der Waals surface area contributed by atoms with Crippen molar-refractivity contribution in [3.8, 4) is 0 Å². The first-order chi connectivity index (χ1) is 8.49. The zero-order valence-electron chi connectivity index (χ0n) is 11.7. The smallest absolute Gasteiger partial charge is 0.131 e. The molecule has 0 spiro atoms. The van der Waals surface area contributed by atoms with Gasteiger partial charge in [-0.25, -0.2) is 0 Å². The van der Waals surface area contributed by atoms with Gasteiger partial charge in [-0.1, -0.05) is 25.4 Å². The van der Waals surface area contributed by atoms with Gasteiger partial charge in [0.05, 0.1) is 5.69 Å². The maximum atomic E-state index is 6.20. The van der Waals surface area contributed by atoms with Crippen LogP contribution in [0.5, 0.6) is 0 Å². The summed E-state index contributed by atoms with van der Waals surface area (Å²) in [5, 5.41) is 8.49. The van der Waals surface area contributed by atoms with E-state index in [9.17, 15) is 0 Å². The highest BCUT2D eigenvalue weighted by atomic mass is 35.5. The van der Waals surface area contributed by atoms with Gasteiger partial charge in [0.15, 0.2) is 0 Å². The minimum absolute atomic E-state index is 0.185. The molecular weight excluding hydrogens is 269 g/mol. The van der Waals surface area contributed by atoms with E-state index in [4.69, 9.17) is 23.2 Å². The third kappa shape index (κ3) is 3.40. The molecular formula is C13H23Cl2N3. The van der Waals surface area contributed by atoms with Gasteiger partial charge in [0, 0.05) is 31.6 Å². The molecule has 18 heavy (non-hydrogen) atoms. The molecule has 0 aliphatic carbocycles. The van der Waals surface area contributed by atoms with Crippen LogP contribution in [0.4, 0.5) is 0 Å². The Morgan fingerprint density at radius 2 is 1.94 bits per heavy atom. The van der Waals surface area contributed by atoms with Crippen LogP contribution in [0.15, 0.2) is 0 Å². The highest BCUT2D eigenvalue weighted by Crippen LogP contribution is 2.27. The van der Waals surface area contributed by atoms with E-state index in [2.05, 4.69) is 24.3 Å². The van der Waals surface area contributed by atoms with Crippen molar-refractivity contribution in [1.29, 1.82) is 0 Å². The zero-order chi connectivity index (χ0) is 13.8. The summed E-state index contributed by atoms with van der Waals surface area (Å²) in [7, 11) is 1.86. The summed E-state index contributed by atoms with van der Waals surface area (Å²) in [5.41, 5.74) is 2.25. The van der Waals surface area contributed by atoms with Crippen LogP contribution in [0, 0.1) is 12.3 Å². The molecule has 0 unspecified atom stereocenters. The predicted octanol–water partition coefficient (Wildman–Crippen LogP) is 3.52. The van der Waals surface area contributed by atoms with Crippen molar-refractivity contribution in [3.05, 3.63) is 16.4 Å². The number of hydrogen-bond acceptors (Lipinski definition) is 2. The van der Waals surface area contributed by atoms with E-state index in [1.54, 1.807) is 4.68 Å². The van der Waals surface area contributed by atoms with Gasteiger partial charge in [-0.05, 0) is 25.2 Å². The quantitative estimate of drug-likeness (QED) is 0.779. The SMILES string of the molecule is CCC(CC)(CCl)CNCc1c(C)nn(C)c1Cl. The Kier molecular flexibility index (Phi) is 5.96. The van der Waals surface area contributed by atoms with Gasteiger partial charge < -0.3 is 5.32 Å². The van der Waals surface area contributed by atoms with Crippen LogP contribution in [0.1, 0.15) is 37.9 Å². The molecule has 1 aromatic heterocycles. The Labute approximate surface area is 120 Å². The number of aryl methyl sites for hydroxylation is 2. The highest BCUT2D eigenvalue weighted by molar-refractivity contribution is 6.30. The fourth-order valence-corrected chi connectivity index (χ4v) is 2.78. The monoisotopic (exact) mass is 291 g/mol. The van der Waals surface area contributed by atoms with E-state index in [0.717, 1.165) is 37.2 Å². The number of nitrogens with zero attached hydrogens (tertiary/aromatic N) is 2. The molecule has 1 heterocycles. The molecule has 0 atom stereocenters. The lowest BCUT2D eigenvalue weighted by molar-refractivity contribution is 0.286. The molecule has 0 amide bonds. The van der Waals surface area contributed by atoms with Crippen molar-refractivity contribution in [1.82, 2.24) is 15.1 Å². The number of aromatic nitrogens is 2. The number of hydrogen-bond donors (Lipinski definition) is 1. The van der Waals surface area contributed by atoms with Gasteiger partial charge in [0.2, 0.25) is 0 Å². The average molecular weight is 292 g/mol. The summed E-state index contributed by atoms with van der Waals surface area (Å²) in [5.74, 6) is 0.687.